The van der Waals surface area contributed by atoms with E-state index in [4.69, 9.17) is 4.74 Å². The molecule has 4 heterocycles. The fraction of sp³-hybridized carbons (Fsp3) is 0.222. The molecule has 9 nitrogen and oxygen atoms in total. The Balaban J connectivity index is 1.72. The number of aromatic nitrogens is 6. The van der Waals surface area contributed by atoms with E-state index in [0.717, 1.165) is 0 Å². The van der Waals surface area contributed by atoms with E-state index in [1.165, 1.54) is 16.9 Å². The number of nitrogens with one attached hydrogen (secondary N) is 1. The summed E-state index contributed by atoms with van der Waals surface area (Å²) in [5, 5.41) is 12.0. The third kappa shape index (κ3) is 3.53. The number of hydrogen-bond acceptors (Lipinski definition) is 7. The Labute approximate surface area is 163 Å². The Bertz CT molecular complexity index is 1170. The molecule has 4 aromatic heterocycles. The van der Waals surface area contributed by atoms with Gasteiger partial charge in [0.25, 0.3) is 0 Å². The van der Waals surface area contributed by atoms with Crippen LogP contribution in [0.25, 0.3) is 22.4 Å². The van der Waals surface area contributed by atoms with Crippen molar-refractivity contribution in [2.45, 2.75) is 6.61 Å². The molecule has 4 aromatic rings. The van der Waals surface area contributed by atoms with E-state index in [0.29, 0.717) is 39.8 Å². The Morgan fingerprint density at radius 1 is 1.14 bits per heavy atom. The van der Waals surface area contributed by atoms with Gasteiger partial charge in [0.1, 0.15) is 34.5 Å². The molecule has 0 saturated carbocycles. The van der Waals surface area contributed by atoms with Crippen molar-refractivity contribution in [2.75, 3.05) is 12.4 Å². The molecule has 0 aliphatic heterocycles. The minimum Gasteiger partial charge on any atom is -0.494 e. The largest absolute Gasteiger partial charge is 0.494 e. The first-order valence-electron chi connectivity index (χ1n) is 8.54. The maximum absolute atomic E-state index is 12.8. The minimum absolute atomic E-state index is 0.0191. The lowest BCUT2D eigenvalue weighted by atomic mass is 10.2. The van der Waals surface area contributed by atoms with Crippen LogP contribution in [-0.4, -0.2) is 43.3 Å². The Kier molecular flexibility index (Phi) is 4.71. The molecule has 0 fully saturated rings. The maximum atomic E-state index is 12.8. The summed E-state index contributed by atoms with van der Waals surface area (Å²) >= 11 is 0. The number of nitrogens with zero attached hydrogens (tertiary/aromatic N) is 6. The number of aryl methyl sites for hydroxylation is 2. The molecule has 0 radical (unpaired) electrons. The summed E-state index contributed by atoms with van der Waals surface area (Å²) in [4.78, 5) is 8.75. The lowest BCUT2D eigenvalue weighted by Crippen LogP contribution is -2.05. The molecule has 1 N–H and O–H groups in total. The van der Waals surface area contributed by atoms with Crippen LogP contribution in [0.2, 0.25) is 0 Å². The molecule has 0 saturated heterocycles. The smallest absolute Gasteiger partial charge is 0.387 e. The molecule has 11 heteroatoms. The normalized spacial score (nSPS) is 11.2. The second-order valence-electron chi connectivity index (χ2n) is 6.11. The second kappa shape index (κ2) is 7.34. The average Bonchev–Trinajstić information content (AvgIpc) is 3.25. The fourth-order valence-electron chi connectivity index (χ4n) is 2.92. The van der Waals surface area contributed by atoms with Gasteiger partial charge in [-0.25, -0.2) is 4.98 Å². The van der Waals surface area contributed by atoms with E-state index in [1.54, 1.807) is 50.3 Å². The van der Waals surface area contributed by atoms with Gasteiger partial charge in [-0.05, 0) is 12.1 Å². The number of ether oxygens (including phenoxy) is 2. The van der Waals surface area contributed by atoms with Gasteiger partial charge in [0.05, 0.1) is 18.7 Å². The summed E-state index contributed by atoms with van der Waals surface area (Å²) in [6.07, 6.45) is 3.07. The van der Waals surface area contributed by atoms with Crippen LogP contribution in [0.3, 0.4) is 0 Å². The van der Waals surface area contributed by atoms with Crippen molar-refractivity contribution in [3.63, 3.8) is 0 Å². The van der Waals surface area contributed by atoms with Gasteiger partial charge in [-0.2, -0.15) is 19.0 Å². The fourth-order valence-corrected chi connectivity index (χ4v) is 2.92. The van der Waals surface area contributed by atoms with Crippen LogP contribution in [0.15, 0.2) is 36.7 Å². The van der Waals surface area contributed by atoms with Crippen molar-refractivity contribution in [1.29, 1.82) is 0 Å². The lowest BCUT2D eigenvalue weighted by molar-refractivity contribution is -0.0487. The zero-order chi connectivity index (χ0) is 20.5. The minimum atomic E-state index is -2.96. The monoisotopic (exact) mass is 401 g/mol. The van der Waals surface area contributed by atoms with E-state index >= 15 is 0 Å². The highest BCUT2D eigenvalue weighted by molar-refractivity contribution is 5.84. The quantitative estimate of drug-likeness (QED) is 0.531. The van der Waals surface area contributed by atoms with Crippen molar-refractivity contribution in [3.8, 4) is 22.9 Å². The van der Waals surface area contributed by atoms with E-state index in [1.807, 2.05) is 0 Å². The molecule has 0 aliphatic carbocycles. The van der Waals surface area contributed by atoms with Crippen LogP contribution in [0, 0.1) is 0 Å². The van der Waals surface area contributed by atoms with Crippen LogP contribution in [0.5, 0.6) is 11.5 Å². The van der Waals surface area contributed by atoms with Gasteiger partial charge in [-0.3, -0.25) is 14.3 Å². The van der Waals surface area contributed by atoms with Crippen molar-refractivity contribution < 1.29 is 18.3 Å². The SMILES string of the molecule is COc1cccnc1-c1cc(Nc2cc(OC(F)F)c3cnn(C)c3n2)n(C)n1. The van der Waals surface area contributed by atoms with Crippen LogP contribution in [-0.2, 0) is 14.1 Å². The Hall–Kier alpha value is -3.76. The number of halogens is 2. The highest BCUT2D eigenvalue weighted by Crippen LogP contribution is 2.32. The van der Waals surface area contributed by atoms with E-state index in [-0.39, 0.29) is 5.75 Å². The highest BCUT2D eigenvalue weighted by Gasteiger charge is 2.17. The van der Waals surface area contributed by atoms with Gasteiger partial charge in [0, 0.05) is 32.4 Å². The van der Waals surface area contributed by atoms with E-state index in [2.05, 4.69) is 30.2 Å². The van der Waals surface area contributed by atoms with Crippen LogP contribution >= 0.6 is 0 Å². The number of fused-ring (bicyclic) bond motifs is 1. The molecule has 0 aromatic carbocycles. The molecule has 0 amide bonds. The van der Waals surface area contributed by atoms with Crippen molar-refractivity contribution in [2.24, 2.45) is 14.1 Å². The summed E-state index contributed by atoms with van der Waals surface area (Å²) in [5.41, 5.74) is 1.56. The zero-order valence-electron chi connectivity index (χ0n) is 15.8. The van der Waals surface area contributed by atoms with Crippen molar-refractivity contribution >= 4 is 22.7 Å². The Morgan fingerprint density at radius 2 is 1.97 bits per heavy atom. The topological polar surface area (TPSA) is 91.9 Å². The summed E-state index contributed by atoms with van der Waals surface area (Å²) in [6.45, 7) is -2.96. The molecule has 150 valence electrons. The average molecular weight is 401 g/mol. The summed E-state index contributed by atoms with van der Waals surface area (Å²) < 4.78 is 38.7. The molecule has 0 atom stereocenters. The van der Waals surface area contributed by atoms with Crippen molar-refractivity contribution in [1.82, 2.24) is 29.5 Å². The molecule has 0 spiro atoms. The number of rotatable bonds is 6. The van der Waals surface area contributed by atoms with Gasteiger partial charge < -0.3 is 14.8 Å². The van der Waals surface area contributed by atoms with Gasteiger partial charge >= 0.3 is 6.61 Å². The highest BCUT2D eigenvalue weighted by atomic mass is 19.3. The van der Waals surface area contributed by atoms with Gasteiger partial charge in [-0.1, -0.05) is 0 Å². The number of alkyl halides is 2. The standard InChI is InChI=1S/C18H17F2N7O2/c1-26-15(7-11(25-26)16-12(28-3)5-4-6-21-16)23-14-8-13(29-18(19)20)10-9-22-27(2)17(10)24-14/h4-9,18H,1-3H3,(H,23,24). The number of methoxy groups -OCH3 is 1. The van der Waals surface area contributed by atoms with Crippen LogP contribution in [0.4, 0.5) is 20.4 Å². The third-order valence-electron chi connectivity index (χ3n) is 4.25. The molecule has 4 rings (SSSR count). The first-order chi connectivity index (χ1) is 14.0. The van der Waals surface area contributed by atoms with E-state index in [9.17, 15) is 8.78 Å². The molecule has 0 unspecified atom stereocenters. The summed E-state index contributed by atoms with van der Waals surface area (Å²) in [5.74, 6) is 1.44. The third-order valence-corrected chi connectivity index (χ3v) is 4.25. The van der Waals surface area contributed by atoms with E-state index < -0.39 is 6.61 Å². The predicted molar refractivity (Wildman–Crippen MR) is 101 cm³/mol. The second-order valence-corrected chi connectivity index (χ2v) is 6.11. The molecular formula is C18H17F2N7O2. The van der Waals surface area contributed by atoms with Gasteiger partial charge in [-0.15, -0.1) is 0 Å². The van der Waals surface area contributed by atoms with Crippen LogP contribution in [0.1, 0.15) is 0 Å². The van der Waals surface area contributed by atoms with Crippen LogP contribution < -0.4 is 14.8 Å². The van der Waals surface area contributed by atoms with Gasteiger partial charge in [0.2, 0.25) is 0 Å². The number of anilines is 2. The molecule has 0 aliphatic rings. The Morgan fingerprint density at radius 3 is 2.72 bits per heavy atom. The first kappa shape index (κ1) is 18.6. The number of pyridine rings is 2. The zero-order valence-corrected chi connectivity index (χ0v) is 15.8. The maximum Gasteiger partial charge on any atom is 0.387 e. The predicted octanol–water partition coefficient (Wildman–Crippen LogP) is 3.12. The van der Waals surface area contributed by atoms with Crippen molar-refractivity contribution in [3.05, 3.63) is 36.7 Å². The first-order valence-corrected chi connectivity index (χ1v) is 8.54. The molecule has 29 heavy (non-hydrogen) atoms. The lowest BCUT2D eigenvalue weighted by Gasteiger charge is -2.10. The number of hydrogen-bond donors (Lipinski definition) is 1. The summed E-state index contributed by atoms with van der Waals surface area (Å²) in [6, 6.07) is 6.70. The molecule has 0 bridgehead atoms. The summed E-state index contributed by atoms with van der Waals surface area (Å²) in [7, 11) is 4.96. The molecular weight excluding hydrogens is 384 g/mol. The van der Waals surface area contributed by atoms with Gasteiger partial charge in [0.15, 0.2) is 5.65 Å².